The van der Waals surface area contributed by atoms with Crippen LogP contribution in [0.4, 0.5) is 16.2 Å². The van der Waals surface area contributed by atoms with E-state index in [1.165, 1.54) is 25.3 Å². The Labute approximate surface area is 142 Å². The molecule has 0 aliphatic heterocycles. The smallest absolute Gasteiger partial charge is 0.319 e. The minimum Gasteiger partial charge on any atom is -0.504 e. The summed E-state index contributed by atoms with van der Waals surface area (Å²) in [6.07, 6.45) is 0. The monoisotopic (exact) mass is 351 g/mol. The number of phenols is 1. The van der Waals surface area contributed by atoms with Crippen molar-refractivity contribution in [1.29, 1.82) is 0 Å². The van der Waals surface area contributed by atoms with Gasteiger partial charge in [0.05, 0.1) is 22.7 Å². The van der Waals surface area contributed by atoms with Gasteiger partial charge in [0.1, 0.15) is 0 Å². The lowest BCUT2D eigenvalue weighted by atomic mass is 10.2. The van der Waals surface area contributed by atoms with Crippen molar-refractivity contribution in [2.45, 2.75) is 6.54 Å². The van der Waals surface area contributed by atoms with E-state index in [-0.39, 0.29) is 28.7 Å². The van der Waals surface area contributed by atoms with Crippen LogP contribution < -0.4 is 15.4 Å². The van der Waals surface area contributed by atoms with Crippen LogP contribution in [0.5, 0.6) is 11.5 Å². The number of hydrogen-bond donors (Lipinski definition) is 3. The van der Waals surface area contributed by atoms with E-state index in [2.05, 4.69) is 10.6 Å². The molecule has 2 rings (SSSR count). The fourth-order valence-corrected chi connectivity index (χ4v) is 2.12. The normalized spacial score (nSPS) is 10.1. The molecule has 0 aliphatic rings. The van der Waals surface area contributed by atoms with Crippen LogP contribution in [-0.2, 0) is 6.54 Å². The first kappa shape index (κ1) is 17.4. The van der Waals surface area contributed by atoms with Crippen LogP contribution in [0, 0.1) is 10.1 Å². The van der Waals surface area contributed by atoms with E-state index in [9.17, 15) is 20.0 Å². The maximum Gasteiger partial charge on any atom is 0.319 e. The molecular formula is C15H14ClN3O5. The molecule has 0 bridgehead atoms. The van der Waals surface area contributed by atoms with Gasteiger partial charge < -0.3 is 20.5 Å². The number of halogens is 1. The van der Waals surface area contributed by atoms with Gasteiger partial charge in [0, 0.05) is 18.7 Å². The summed E-state index contributed by atoms with van der Waals surface area (Å²) in [6.45, 7) is 0.188. The second-order valence-corrected chi connectivity index (χ2v) is 5.14. The molecule has 9 heteroatoms. The number of amides is 2. The number of aromatic hydroxyl groups is 1. The molecular weight excluding hydrogens is 338 g/mol. The zero-order chi connectivity index (χ0) is 17.7. The minimum absolute atomic E-state index is 0.00311. The van der Waals surface area contributed by atoms with E-state index < -0.39 is 11.0 Å². The number of rotatable bonds is 5. The lowest BCUT2D eigenvalue weighted by Crippen LogP contribution is -2.28. The van der Waals surface area contributed by atoms with Crippen LogP contribution in [0.25, 0.3) is 0 Å². The number of carbonyl (C=O) groups is 1. The number of methoxy groups -OCH3 is 1. The first-order valence-corrected chi connectivity index (χ1v) is 7.13. The molecule has 2 amide bonds. The fraction of sp³-hybridized carbons (Fsp3) is 0.133. The quantitative estimate of drug-likeness (QED) is 0.565. The number of nitro benzene ring substituents is 1. The molecule has 0 saturated heterocycles. The number of anilines is 1. The Balaban J connectivity index is 1.97. The lowest BCUT2D eigenvalue weighted by Gasteiger charge is -2.10. The van der Waals surface area contributed by atoms with Gasteiger partial charge in [-0.2, -0.15) is 0 Å². The summed E-state index contributed by atoms with van der Waals surface area (Å²) in [5, 5.41) is 25.3. The van der Waals surface area contributed by atoms with Crippen LogP contribution in [-0.4, -0.2) is 23.2 Å². The number of non-ortho nitro benzene ring substituents is 1. The number of nitrogens with one attached hydrogen (secondary N) is 2. The summed E-state index contributed by atoms with van der Waals surface area (Å²) in [5.74, 6) is 0.302. The number of urea groups is 1. The largest absolute Gasteiger partial charge is 0.504 e. The summed E-state index contributed by atoms with van der Waals surface area (Å²) in [6, 6.07) is 7.91. The maximum absolute atomic E-state index is 11.9. The van der Waals surface area contributed by atoms with Crippen molar-refractivity contribution in [3.63, 3.8) is 0 Å². The SMILES string of the molecule is COc1cc(CNC(=O)Nc2ccc([N+](=O)[O-])cc2Cl)ccc1O. The second kappa shape index (κ2) is 7.51. The van der Waals surface area contributed by atoms with Crippen LogP contribution in [0.2, 0.25) is 5.02 Å². The molecule has 126 valence electrons. The Morgan fingerprint density at radius 1 is 1.33 bits per heavy atom. The van der Waals surface area contributed by atoms with Gasteiger partial charge >= 0.3 is 6.03 Å². The Bertz CT molecular complexity index is 782. The molecule has 0 unspecified atom stereocenters. The predicted octanol–water partition coefficient (Wildman–Crippen LogP) is 3.28. The summed E-state index contributed by atoms with van der Waals surface area (Å²) in [7, 11) is 1.43. The zero-order valence-electron chi connectivity index (χ0n) is 12.6. The highest BCUT2D eigenvalue weighted by molar-refractivity contribution is 6.33. The van der Waals surface area contributed by atoms with Gasteiger partial charge in [-0.3, -0.25) is 10.1 Å². The van der Waals surface area contributed by atoms with Gasteiger partial charge in [-0.1, -0.05) is 17.7 Å². The average Bonchev–Trinajstić information content (AvgIpc) is 2.55. The Hall–Kier alpha value is -3.00. The first-order chi connectivity index (χ1) is 11.4. The van der Waals surface area contributed by atoms with Crippen molar-refractivity contribution in [2.24, 2.45) is 0 Å². The molecule has 2 aromatic rings. The lowest BCUT2D eigenvalue weighted by molar-refractivity contribution is -0.384. The van der Waals surface area contributed by atoms with Crippen molar-refractivity contribution in [3.05, 3.63) is 57.1 Å². The van der Waals surface area contributed by atoms with Crippen molar-refractivity contribution in [1.82, 2.24) is 5.32 Å². The number of phenolic OH excluding ortho intramolecular Hbond substituents is 1. The molecule has 0 saturated carbocycles. The van der Waals surface area contributed by atoms with Crippen molar-refractivity contribution in [3.8, 4) is 11.5 Å². The zero-order valence-corrected chi connectivity index (χ0v) is 13.3. The number of hydrogen-bond acceptors (Lipinski definition) is 5. The third-order valence-corrected chi connectivity index (χ3v) is 3.42. The number of benzene rings is 2. The standard InChI is InChI=1S/C15H14ClN3O5/c1-24-14-6-9(2-5-13(14)20)8-17-15(21)18-12-4-3-10(19(22)23)7-11(12)16/h2-7,20H,8H2,1H3,(H2,17,18,21). The van der Waals surface area contributed by atoms with Crippen molar-refractivity contribution < 1.29 is 19.6 Å². The maximum atomic E-state index is 11.9. The van der Waals surface area contributed by atoms with E-state index >= 15 is 0 Å². The minimum atomic E-state index is -0.575. The molecule has 0 spiro atoms. The molecule has 8 nitrogen and oxygen atoms in total. The number of nitro groups is 1. The number of ether oxygens (including phenoxy) is 1. The molecule has 0 aliphatic carbocycles. The van der Waals surface area contributed by atoms with E-state index in [0.29, 0.717) is 5.75 Å². The van der Waals surface area contributed by atoms with Crippen LogP contribution >= 0.6 is 11.6 Å². The fourth-order valence-electron chi connectivity index (χ4n) is 1.90. The topological polar surface area (TPSA) is 114 Å². The summed E-state index contributed by atoms with van der Waals surface area (Å²) in [4.78, 5) is 21.9. The van der Waals surface area contributed by atoms with Gasteiger partial charge in [-0.25, -0.2) is 4.79 Å². The van der Waals surface area contributed by atoms with Crippen LogP contribution in [0.15, 0.2) is 36.4 Å². The Morgan fingerprint density at radius 2 is 2.08 bits per heavy atom. The summed E-state index contributed by atoms with van der Waals surface area (Å²) < 4.78 is 4.98. The van der Waals surface area contributed by atoms with E-state index in [1.807, 2.05) is 0 Å². The molecule has 2 aromatic carbocycles. The highest BCUT2D eigenvalue weighted by Gasteiger charge is 2.11. The third kappa shape index (κ3) is 4.26. The van der Waals surface area contributed by atoms with E-state index in [0.717, 1.165) is 11.6 Å². The van der Waals surface area contributed by atoms with Gasteiger partial charge in [0.25, 0.3) is 5.69 Å². The van der Waals surface area contributed by atoms with Gasteiger partial charge in [0.15, 0.2) is 11.5 Å². The summed E-state index contributed by atoms with van der Waals surface area (Å²) in [5.41, 5.74) is 0.805. The Morgan fingerprint density at radius 3 is 2.71 bits per heavy atom. The van der Waals surface area contributed by atoms with Crippen molar-refractivity contribution in [2.75, 3.05) is 12.4 Å². The molecule has 0 heterocycles. The molecule has 3 N–H and O–H groups in total. The van der Waals surface area contributed by atoms with Crippen LogP contribution in [0.1, 0.15) is 5.56 Å². The molecule has 0 fully saturated rings. The average molecular weight is 352 g/mol. The van der Waals surface area contributed by atoms with Gasteiger partial charge in [-0.15, -0.1) is 0 Å². The molecule has 24 heavy (non-hydrogen) atoms. The molecule has 0 radical (unpaired) electrons. The van der Waals surface area contributed by atoms with E-state index in [1.54, 1.807) is 12.1 Å². The predicted molar refractivity (Wildman–Crippen MR) is 88.6 cm³/mol. The highest BCUT2D eigenvalue weighted by Crippen LogP contribution is 2.27. The molecule has 0 atom stereocenters. The number of carbonyl (C=O) groups excluding carboxylic acids is 1. The first-order valence-electron chi connectivity index (χ1n) is 6.75. The highest BCUT2D eigenvalue weighted by atomic mass is 35.5. The summed E-state index contributed by atoms with van der Waals surface area (Å²) >= 11 is 5.90. The number of nitrogens with zero attached hydrogens (tertiary/aromatic N) is 1. The van der Waals surface area contributed by atoms with Gasteiger partial charge in [-0.05, 0) is 23.8 Å². The molecule has 0 aromatic heterocycles. The van der Waals surface area contributed by atoms with Crippen LogP contribution in [0.3, 0.4) is 0 Å². The van der Waals surface area contributed by atoms with Crippen molar-refractivity contribution >= 4 is 29.0 Å². The Kier molecular flexibility index (Phi) is 5.43. The van der Waals surface area contributed by atoms with E-state index in [4.69, 9.17) is 16.3 Å². The van der Waals surface area contributed by atoms with Gasteiger partial charge in [0.2, 0.25) is 0 Å². The third-order valence-electron chi connectivity index (χ3n) is 3.11. The second-order valence-electron chi connectivity index (χ2n) is 4.74.